The number of aryl methyl sites for hydroxylation is 1. The van der Waals surface area contributed by atoms with Crippen molar-refractivity contribution in [1.82, 2.24) is 4.90 Å². The van der Waals surface area contributed by atoms with Gasteiger partial charge in [0.05, 0.1) is 24.3 Å². The average Bonchev–Trinajstić information content (AvgIpc) is 3.19. The molecule has 6 heteroatoms. The van der Waals surface area contributed by atoms with Gasteiger partial charge in [-0.15, -0.1) is 0 Å². The summed E-state index contributed by atoms with van der Waals surface area (Å²) in [6.45, 7) is 9.47. The Morgan fingerprint density at radius 1 is 0.974 bits per heavy atom. The Kier molecular flexibility index (Phi) is 8.98. The largest absolute Gasteiger partial charge is 0.494 e. The van der Waals surface area contributed by atoms with Crippen molar-refractivity contribution in [1.29, 1.82) is 0 Å². The molecule has 3 aromatic carbocycles. The summed E-state index contributed by atoms with van der Waals surface area (Å²) in [5.41, 5.74) is 4.02. The molecule has 0 fully saturated rings. The number of amides is 1. The molecule has 0 saturated heterocycles. The molecule has 3 aromatic rings. The maximum Gasteiger partial charge on any atom is 0.271 e. The summed E-state index contributed by atoms with van der Waals surface area (Å²) in [5.74, 6) is 0.372. The topological polar surface area (TPSA) is 67.9 Å². The van der Waals surface area contributed by atoms with Crippen LogP contribution in [0.2, 0.25) is 0 Å². The van der Waals surface area contributed by atoms with Gasteiger partial charge in [0.2, 0.25) is 0 Å². The van der Waals surface area contributed by atoms with Gasteiger partial charge < -0.3 is 19.7 Å². The molecule has 1 aliphatic rings. The third-order valence-electron chi connectivity index (χ3n) is 6.43. The number of hydrogen-bond acceptors (Lipinski definition) is 5. The van der Waals surface area contributed by atoms with E-state index in [0.29, 0.717) is 43.0 Å². The average molecular weight is 513 g/mol. The molecule has 1 amide bonds. The first kappa shape index (κ1) is 27.1. The Hall–Kier alpha value is -3.90. The molecule has 1 heterocycles. The lowest BCUT2D eigenvalue weighted by Crippen LogP contribution is -2.33. The molecule has 0 aliphatic carbocycles. The van der Waals surface area contributed by atoms with E-state index in [2.05, 4.69) is 5.32 Å². The molecule has 1 N–H and O–H groups in total. The fraction of sp³-hybridized carbons (Fsp3) is 0.312. The predicted molar refractivity (Wildman–Crippen MR) is 150 cm³/mol. The van der Waals surface area contributed by atoms with Gasteiger partial charge in [0, 0.05) is 24.4 Å². The standard InChI is InChI=1S/C32H36N2O4/c1-5-37-27-18-14-24(15-19-27)30-28(31(35)25-10-7-6-8-11-25)29(33-26-16-12-23(4)13-17-26)32(36)34(30)20-9-21-38-22(2)3/h6-8,10-19,22,30,33H,5,9,20-21H2,1-4H3/t30-/m1/s1. The fourth-order valence-electron chi connectivity index (χ4n) is 4.60. The van der Waals surface area contributed by atoms with Crippen LogP contribution in [0, 0.1) is 6.92 Å². The van der Waals surface area contributed by atoms with E-state index >= 15 is 0 Å². The number of nitrogens with zero attached hydrogens (tertiary/aromatic N) is 1. The molecule has 1 atom stereocenters. The second-order valence-electron chi connectivity index (χ2n) is 9.65. The highest BCUT2D eigenvalue weighted by molar-refractivity contribution is 6.18. The molecular weight excluding hydrogens is 476 g/mol. The number of Topliss-reactive ketones (excluding diaryl/α,β-unsaturated/α-hetero) is 1. The minimum atomic E-state index is -0.544. The van der Waals surface area contributed by atoms with Crippen LogP contribution >= 0.6 is 0 Å². The number of nitrogens with one attached hydrogen (secondary N) is 1. The number of ketones is 1. The van der Waals surface area contributed by atoms with Crippen LogP contribution in [-0.2, 0) is 9.53 Å². The molecule has 38 heavy (non-hydrogen) atoms. The SMILES string of the molecule is CCOc1ccc([C@@H]2C(C(=O)c3ccccc3)=C(Nc3ccc(C)cc3)C(=O)N2CCCOC(C)C)cc1. The van der Waals surface area contributed by atoms with E-state index in [4.69, 9.17) is 9.47 Å². The van der Waals surface area contributed by atoms with Crippen molar-refractivity contribution in [3.8, 4) is 5.75 Å². The molecule has 0 saturated carbocycles. The van der Waals surface area contributed by atoms with Crippen LogP contribution in [0.15, 0.2) is 90.1 Å². The normalized spacial score (nSPS) is 15.3. The van der Waals surface area contributed by atoms with Gasteiger partial charge in [0.1, 0.15) is 11.4 Å². The van der Waals surface area contributed by atoms with Crippen LogP contribution in [-0.4, -0.2) is 42.5 Å². The Morgan fingerprint density at radius 2 is 1.66 bits per heavy atom. The summed E-state index contributed by atoms with van der Waals surface area (Å²) in [4.78, 5) is 29.8. The van der Waals surface area contributed by atoms with Crippen molar-refractivity contribution in [2.45, 2.75) is 46.3 Å². The molecule has 0 radical (unpaired) electrons. The van der Waals surface area contributed by atoms with Gasteiger partial charge in [-0.1, -0.05) is 60.2 Å². The molecule has 0 aromatic heterocycles. The first-order chi connectivity index (χ1) is 18.4. The Labute approximate surface area is 225 Å². The Morgan fingerprint density at radius 3 is 2.29 bits per heavy atom. The van der Waals surface area contributed by atoms with E-state index in [1.807, 2.05) is 94.4 Å². The van der Waals surface area contributed by atoms with Crippen molar-refractivity contribution >= 4 is 17.4 Å². The Balaban J connectivity index is 1.79. The zero-order valence-corrected chi connectivity index (χ0v) is 22.6. The molecule has 0 bridgehead atoms. The molecular formula is C32H36N2O4. The lowest BCUT2D eigenvalue weighted by atomic mass is 9.92. The number of anilines is 1. The third kappa shape index (κ3) is 6.32. The molecule has 0 unspecified atom stereocenters. The van der Waals surface area contributed by atoms with Gasteiger partial charge in [-0.25, -0.2) is 0 Å². The molecule has 4 rings (SSSR count). The van der Waals surface area contributed by atoms with Crippen LogP contribution in [0.25, 0.3) is 0 Å². The minimum absolute atomic E-state index is 0.110. The van der Waals surface area contributed by atoms with Crippen LogP contribution in [0.5, 0.6) is 5.75 Å². The lowest BCUT2D eigenvalue weighted by molar-refractivity contribution is -0.127. The van der Waals surface area contributed by atoms with Gasteiger partial charge in [0.15, 0.2) is 5.78 Å². The van der Waals surface area contributed by atoms with E-state index in [1.165, 1.54) is 0 Å². The number of rotatable bonds is 12. The summed E-state index contributed by atoms with van der Waals surface area (Å²) in [7, 11) is 0. The maximum atomic E-state index is 14.0. The zero-order valence-electron chi connectivity index (χ0n) is 22.6. The van der Waals surface area contributed by atoms with Crippen LogP contribution in [0.3, 0.4) is 0 Å². The van der Waals surface area contributed by atoms with Gasteiger partial charge in [-0.2, -0.15) is 0 Å². The van der Waals surface area contributed by atoms with Crippen LogP contribution in [0.1, 0.15) is 54.7 Å². The zero-order chi connectivity index (χ0) is 27.1. The van der Waals surface area contributed by atoms with Crippen molar-refractivity contribution in [3.05, 3.63) is 107 Å². The molecule has 6 nitrogen and oxygen atoms in total. The Bertz CT molecular complexity index is 1270. The van der Waals surface area contributed by atoms with Gasteiger partial charge in [-0.05, 0) is 63.9 Å². The molecule has 0 spiro atoms. The van der Waals surface area contributed by atoms with E-state index in [9.17, 15) is 9.59 Å². The van der Waals surface area contributed by atoms with Gasteiger partial charge in [0.25, 0.3) is 5.91 Å². The summed E-state index contributed by atoms with van der Waals surface area (Å²) in [6.07, 6.45) is 0.764. The first-order valence-electron chi connectivity index (χ1n) is 13.2. The van der Waals surface area contributed by atoms with Crippen LogP contribution in [0.4, 0.5) is 5.69 Å². The van der Waals surface area contributed by atoms with Crippen molar-refractivity contribution < 1.29 is 19.1 Å². The summed E-state index contributed by atoms with van der Waals surface area (Å²) in [5, 5.41) is 3.30. The van der Waals surface area contributed by atoms with Crippen molar-refractivity contribution in [2.75, 3.05) is 25.1 Å². The number of carbonyl (C=O) groups is 2. The minimum Gasteiger partial charge on any atom is -0.494 e. The van der Waals surface area contributed by atoms with Gasteiger partial charge in [-0.3, -0.25) is 9.59 Å². The van der Waals surface area contributed by atoms with Crippen LogP contribution < -0.4 is 10.1 Å². The lowest BCUT2D eigenvalue weighted by Gasteiger charge is -2.27. The predicted octanol–water partition coefficient (Wildman–Crippen LogP) is 6.34. The maximum absolute atomic E-state index is 14.0. The highest BCUT2D eigenvalue weighted by Gasteiger charge is 2.43. The van der Waals surface area contributed by atoms with Gasteiger partial charge >= 0.3 is 0 Å². The number of carbonyl (C=O) groups excluding carboxylic acids is 2. The second-order valence-corrected chi connectivity index (χ2v) is 9.65. The number of hydrogen-bond donors (Lipinski definition) is 1. The number of ether oxygens (including phenoxy) is 2. The van der Waals surface area contributed by atoms with E-state index in [0.717, 1.165) is 22.6 Å². The third-order valence-corrected chi connectivity index (χ3v) is 6.43. The number of benzene rings is 3. The van der Waals surface area contributed by atoms with Crippen molar-refractivity contribution in [3.63, 3.8) is 0 Å². The monoisotopic (exact) mass is 512 g/mol. The van der Waals surface area contributed by atoms with E-state index < -0.39 is 6.04 Å². The van der Waals surface area contributed by atoms with E-state index in [-0.39, 0.29) is 17.8 Å². The summed E-state index contributed by atoms with van der Waals surface area (Å²) >= 11 is 0. The first-order valence-corrected chi connectivity index (χ1v) is 13.2. The second kappa shape index (κ2) is 12.6. The fourth-order valence-corrected chi connectivity index (χ4v) is 4.60. The quantitative estimate of drug-likeness (QED) is 0.227. The highest BCUT2D eigenvalue weighted by atomic mass is 16.5. The summed E-state index contributed by atoms with van der Waals surface area (Å²) < 4.78 is 11.4. The smallest absolute Gasteiger partial charge is 0.271 e. The molecule has 198 valence electrons. The van der Waals surface area contributed by atoms with Crippen molar-refractivity contribution in [2.24, 2.45) is 0 Å². The molecule has 1 aliphatic heterocycles. The summed E-state index contributed by atoms with van der Waals surface area (Å²) in [6, 6.07) is 24.0. The highest BCUT2D eigenvalue weighted by Crippen LogP contribution is 2.40. The van der Waals surface area contributed by atoms with E-state index in [1.54, 1.807) is 17.0 Å².